The first-order valence-electron chi connectivity index (χ1n) is 4.44. The van der Waals surface area contributed by atoms with E-state index in [4.69, 9.17) is 11.6 Å². The van der Waals surface area contributed by atoms with Gasteiger partial charge in [-0.2, -0.15) is 5.10 Å². The lowest BCUT2D eigenvalue weighted by Gasteiger charge is -2.31. The fourth-order valence-electron chi connectivity index (χ4n) is 1.41. The Morgan fingerprint density at radius 1 is 1.54 bits per heavy atom. The average molecular weight is 198 g/mol. The molecular formula is C9H12ClN3. The molecule has 13 heavy (non-hydrogen) atoms. The monoisotopic (exact) mass is 197 g/mol. The molecule has 0 radical (unpaired) electrons. The Bertz CT molecular complexity index is 297. The van der Waals surface area contributed by atoms with E-state index in [1.807, 2.05) is 13.0 Å². The van der Waals surface area contributed by atoms with Crippen molar-refractivity contribution < 1.29 is 0 Å². The summed E-state index contributed by atoms with van der Waals surface area (Å²) in [6.45, 7) is 2.00. The highest BCUT2D eigenvalue weighted by atomic mass is 35.5. The van der Waals surface area contributed by atoms with Gasteiger partial charge < -0.3 is 5.32 Å². The Morgan fingerprint density at radius 3 is 2.92 bits per heavy atom. The molecule has 1 N–H and O–H groups in total. The summed E-state index contributed by atoms with van der Waals surface area (Å²) in [6, 6.07) is 2.48. The van der Waals surface area contributed by atoms with E-state index >= 15 is 0 Å². The highest BCUT2D eigenvalue weighted by Gasteiger charge is 2.27. The van der Waals surface area contributed by atoms with E-state index in [-0.39, 0.29) is 0 Å². The van der Waals surface area contributed by atoms with Gasteiger partial charge in [0.25, 0.3) is 0 Å². The predicted octanol–water partition coefficient (Wildman–Crippen LogP) is 1.97. The van der Waals surface area contributed by atoms with E-state index in [0.29, 0.717) is 11.4 Å². The van der Waals surface area contributed by atoms with Gasteiger partial charge in [-0.1, -0.05) is 0 Å². The summed E-state index contributed by atoms with van der Waals surface area (Å²) in [6.07, 6.45) is 3.80. The van der Waals surface area contributed by atoms with Crippen LogP contribution in [0, 0.1) is 6.92 Å². The standard InChI is InChI=1S/C9H12ClN3/c1-6-2-9(13-11-5-6)12-8-3-7(10)4-8/h2,5,7-8H,3-4H2,1H3,(H,12,13). The van der Waals surface area contributed by atoms with Crippen LogP contribution < -0.4 is 5.32 Å². The minimum atomic E-state index is 0.343. The second kappa shape index (κ2) is 3.50. The van der Waals surface area contributed by atoms with E-state index in [0.717, 1.165) is 24.2 Å². The highest BCUT2D eigenvalue weighted by Crippen LogP contribution is 2.27. The minimum Gasteiger partial charge on any atom is -0.366 e. The molecule has 3 nitrogen and oxygen atoms in total. The highest BCUT2D eigenvalue weighted by molar-refractivity contribution is 6.21. The molecule has 1 aliphatic carbocycles. The number of rotatable bonds is 2. The van der Waals surface area contributed by atoms with Crippen LogP contribution in [0.15, 0.2) is 12.3 Å². The van der Waals surface area contributed by atoms with Crippen molar-refractivity contribution in [1.29, 1.82) is 0 Å². The summed E-state index contributed by atoms with van der Waals surface area (Å²) in [5.74, 6) is 0.855. The molecule has 0 aliphatic heterocycles. The predicted molar refractivity (Wildman–Crippen MR) is 53.1 cm³/mol. The van der Waals surface area contributed by atoms with Crippen LogP contribution in [0.3, 0.4) is 0 Å². The number of halogens is 1. The molecule has 1 aliphatic rings. The lowest BCUT2D eigenvalue weighted by molar-refractivity contribution is 0.453. The summed E-state index contributed by atoms with van der Waals surface area (Å²) in [7, 11) is 0. The van der Waals surface area contributed by atoms with Gasteiger partial charge in [-0.3, -0.25) is 0 Å². The zero-order chi connectivity index (χ0) is 9.26. The first-order chi connectivity index (χ1) is 6.24. The molecule has 0 aromatic carbocycles. The van der Waals surface area contributed by atoms with E-state index in [9.17, 15) is 0 Å². The Hall–Kier alpha value is -0.830. The van der Waals surface area contributed by atoms with Crippen molar-refractivity contribution in [2.75, 3.05) is 5.32 Å². The molecule has 1 heterocycles. The van der Waals surface area contributed by atoms with Gasteiger partial charge in [0, 0.05) is 11.4 Å². The van der Waals surface area contributed by atoms with Crippen molar-refractivity contribution in [3.8, 4) is 0 Å². The Morgan fingerprint density at radius 2 is 2.31 bits per heavy atom. The summed E-state index contributed by atoms with van der Waals surface area (Å²) >= 11 is 5.87. The topological polar surface area (TPSA) is 37.8 Å². The maximum Gasteiger partial charge on any atom is 0.149 e. The van der Waals surface area contributed by atoms with Gasteiger partial charge in [0.2, 0.25) is 0 Å². The lowest BCUT2D eigenvalue weighted by Crippen LogP contribution is -2.36. The van der Waals surface area contributed by atoms with E-state index in [2.05, 4.69) is 15.5 Å². The first-order valence-corrected chi connectivity index (χ1v) is 4.87. The molecule has 70 valence electrons. The largest absolute Gasteiger partial charge is 0.366 e. The van der Waals surface area contributed by atoms with Crippen LogP contribution in [0.1, 0.15) is 18.4 Å². The van der Waals surface area contributed by atoms with Gasteiger partial charge in [0.15, 0.2) is 0 Å². The smallest absolute Gasteiger partial charge is 0.149 e. The minimum absolute atomic E-state index is 0.343. The number of aryl methyl sites for hydroxylation is 1. The summed E-state index contributed by atoms with van der Waals surface area (Å²) in [5, 5.41) is 11.5. The van der Waals surface area contributed by atoms with Crippen molar-refractivity contribution in [2.24, 2.45) is 0 Å². The molecule has 0 saturated heterocycles. The molecular weight excluding hydrogens is 186 g/mol. The number of alkyl halides is 1. The number of anilines is 1. The van der Waals surface area contributed by atoms with E-state index in [1.54, 1.807) is 6.20 Å². The summed E-state index contributed by atoms with van der Waals surface area (Å²) in [4.78, 5) is 0. The first kappa shape index (κ1) is 8.75. The maximum absolute atomic E-state index is 5.87. The molecule has 1 aromatic heterocycles. The van der Waals surface area contributed by atoms with Crippen molar-refractivity contribution in [3.63, 3.8) is 0 Å². The molecule has 1 fully saturated rings. The van der Waals surface area contributed by atoms with Crippen LogP contribution in [0.2, 0.25) is 0 Å². The SMILES string of the molecule is Cc1cnnc(NC2CC(Cl)C2)c1. The molecule has 0 amide bonds. The van der Waals surface area contributed by atoms with Crippen LogP contribution in [-0.2, 0) is 0 Å². The number of hydrogen-bond donors (Lipinski definition) is 1. The average Bonchev–Trinajstić information content (AvgIpc) is 2.01. The quantitative estimate of drug-likeness (QED) is 0.737. The van der Waals surface area contributed by atoms with Crippen LogP contribution >= 0.6 is 11.6 Å². The third kappa shape index (κ3) is 2.10. The zero-order valence-electron chi connectivity index (χ0n) is 7.50. The third-order valence-corrected chi connectivity index (χ3v) is 2.58. The fourth-order valence-corrected chi connectivity index (χ4v) is 1.84. The van der Waals surface area contributed by atoms with Crippen LogP contribution in [0.4, 0.5) is 5.82 Å². The second-order valence-electron chi connectivity index (χ2n) is 3.53. The summed E-state index contributed by atoms with van der Waals surface area (Å²) in [5.41, 5.74) is 1.12. The molecule has 0 bridgehead atoms. The number of nitrogens with zero attached hydrogens (tertiary/aromatic N) is 2. The number of nitrogens with one attached hydrogen (secondary N) is 1. The van der Waals surface area contributed by atoms with Gasteiger partial charge in [-0.05, 0) is 31.4 Å². The second-order valence-corrected chi connectivity index (χ2v) is 4.15. The van der Waals surface area contributed by atoms with Crippen LogP contribution in [0.5, 0.6) is 0 Å². The Balaban J connectivity index is 1.94. The summed E-state index contributed by atoms with van der Waals surface area (Å²) < 4.78 is 0. The number of aromatic nitrogens is 2. The van der Waals surface area contributed by atoms with E-state index < -0.39 is 0 Å². The van der Waals surface area contributed by atoms with Crippen LogP contribution in [-0.4, -0.2) is 21.6 Å². The molecule has 4 heteroatoms. The van der Waals surface area contributed by atoms with Crippen molar-refractivity contribution in [1.82, 2.24) is 10.2 Å². The number of hydrogen-bond acceptors (Lipinski definition) is 3. The molecule has 0 atom stereocenters. The lowest BCUT2D eigenvalue weighted by atomic mass is 9.92. The van der Waals surface area contributed by atoms with Crippen LogP contribution in [0.25, 0.3) is 0 Å². The third-order valence-electron chi connectivity index (χ3n) is 2.22. The van der Waals surface area contributed by atoms with Gasteiger partial charge in [0.1, 0.15) is 5.82 Å². The molecule has 0 spiro atoms. The van der Waals surface area contributed by atoms with Crippen molar-refractivity contribution in [3.05, 3.63) is 17.8 Å². The van der Waals surface area contributed by atoms with Gasteiger partial charge in [-0.15, -0.1) is 16.7 Å². The van der Waals surface area contributed by atoms with E-state index in [1.165, 1.54) is 0 Å². The van der Waals surface area contributed by atoms with Crippen molar-refractivity contribution >= 4 is 17.4 Å². The van der Waals surface area contributed by atoms with Crippen molar-refractivity contribution in [2.45, 2.75) is 31.2 Å². The van der Waals surface area contributed by atoms with Gasteiger partial charge in [0.05, 0.1) is 6.20 Å². The fraction of sp³-hybridized carbons (Fsp3) is 0.556. The Labute approximate surface area is 82.5 Å². The normalized spacial score (nSPS) is 26.6. The van der Waals surface area contributed by atoms with Gasteiger partial charge in [-0.25, -0.2) is 0 Å². The molecule has 1 aromatic rings. The van der Waals surface area contributed by atoms with Gasteiger partial charge >= 0.3 is 0 Å². The molecule has 2 rings (SSSR count). The Kier molecular flexibility index (Phi) is 2.36. The molecule has 0 unspecified atom stereocenters. The zero-order valence-corrected chi connectivity index (χ0v) is 8.25. The maximum atomic E-state index is 5.87. The molecule has 1 saturated carbocycles.